The average molecular weight is 323 g/mol. The van der Waals surface area contributed by atoms with E-state index in [2.05, 4.69) is 16.4 Å². The lowest BCUT2D eigenvalue weighted by atomic mass is 10.1. The second-order valence-corrected chi connectivity index (χ2v) is 6.38. The first kappa shape index (κ1) is 16.4. The zero-order valence-electron chi connectivity index (χ0n) is 14.2. The quantitative estimate of drug-likeness (QED) is 0.936. The summed E-state index contributed by atoms with van der Waals surface area (Å²) in [6.45, 7) is 7.63. The molecule has 0 atom stereocenters. The zero-order chi connectivity index (χ0) is 17.2. The lowest BCUT2D eigenvalue weighted by molar-refractivity contribution is -0.180. The summed E-state index contributed by atoms with van der Waals surface area (Å²) in [6.07, 6.45) is 1.87. The van der Waals surface area contributed by atoms with Gasteiger partial charge in [-0.15, -0.1) is 0 Å². The van der Waals surface area contributed by atoms with Crippen LogP contribution in [0.5, 0.6) is 5.75 Å². The van der Waals surface area contributed by atoms with Gasteiger partial charge in [-0.1, -0.05) is 12.1 Å². The third-order valence-corrected chi connectivity index (χ3v) is 4.02. The second kappa shape index (κ2) is 6.60. The number of hydrogen-bond acceptors (Lipinski definition) is 5. The molecular weight excluding hydrogens is 302 g/mol. The first-order chi connectivity index (χ1) is 11.5. The van der Waals surface area contributed by atoms with Gasteiger partial charge < -0.3 is 14.8 Å². The first-order valence-corrected chi connectivity index (χ1v) is 7.98. The smallest absolute Gasteiger partial charge is 0.205 e. The summed E-state index contributed by atoms with van der Waals surface area (Å²) in [5.74, 6) is 0.209. The van der Waals surface area contributed by atoms with E-state index in [9.17, 15) is 0 Å². The largest absolute Gasteiger partial charge is 0.461 e. The molecular formula is C19H21N3O2. The van der Waals surface area contributed by atoms with Gasteiger partial charge >= 0.3 is 0 Å². The van der Waals surface area contributed by atoms with Gasteiger partial charge in [0.15, 0.2) is 0 Å². The standard InChI is InChI=1S/C19H21N3O2/c1-13-18-17(12-23-19(2,3)24-18)16(11-22-13)10-21-9-15-6-4-5-14(7-15)8-20/h4-7,11,21H,9-10,12H2,1-3H3. The van der Waals surface area contributed by atoms with Gasteiger partial charge in [0.25, 0.3) is 0 Å². The molecule has 0 saturated carbocycles. The molecule has 0 fully saturated rings. The van der Waals surface area contributed by atoms with Gasteiger partial charge in [-0.2, -0.15) is 5.26 Å². The van der Waals surface area contributed by atoms with Gasteiger partial charge in [-0.25, -0.2) is 0 Å². The maximum Gasteiger partial charge on any atom is 0.205 e. The van der Waals surface area contributed by atoms with Crippen LogP contribution in [0.2, 0.25) is 0 Å². The van der Waals surface area contributed by atoms with Crippen LogP contribution in [0, 0.1) is 18.3 Å². The van der Waals surface area contributed by atoms with Crippen LogP contribution in [0.25, 0.3) is 0 Å². The van der Waals surface area contributed by atoms with E-state index in [1.54, 1.807) is 6.07 Å². The maximum absolute atomic E-state index is 8.96. The highest BCUT2D eigenvalue weighted by atomic mass is 16.7. The number of fused-ring (bicyclic) bond motifs is 1. The molecule has 0 unspecified atom stereocenters. The van der Waals surface area contributed by atoms with Crippen LogP contribution >= 0.6 is 0 Å². The van der Waals surface area contributed by atoms with Crippen LogP contribution < -0.4 is 10.1 Å². The van der Waals surface area contributed by atoms with Crippen molar-refractivity contribution in [3.05, 3.63) is 58.4 Å². The molecule has 3 rings (SSSR count). The van der Waals surface area contributed by atoms with Crippen LogP contribution in [0.1, 0.15) is 41.8 Å². The van der Waals surface area contributed by atoms with Crippen LogP contribution in [0.4, 0.5) is 0 Å². The summed E-state index contributed by atoms with van der Waals surface area (Å²) >= 11 is 0. The van der Waals surface area contributed by atoms with Gasteiger partial charge in [0, 0.05) is 38.7 Å². The van der Waals surface area contributed by atoms with Gasteiger partial charge in [-0.05, 0) is 30.2 Å². The molecule has 0 radical (unpaired) electrons. The number of aromatic nitrogens is 1. The molecule has 0 aliphatic carbocycles. The van der Waals surface area contributed by atoms with E-state index in [4.69, 9.17) is 14.7 Å². The number of hydrogen-bond donors (Lipinski definition) is 1. The topological polar surface area (TPSA) is 67.2 Å². The number of ether oxygens (including phenoxy) is 2. The Balaban J connectivity index is 1.71. The van der Waals surface area contributed by atoms with Crippen molar-refractivity contribution in [1.82, 2.24) is 10.3 Å². The Kier molecular flexibility index (Phi) is 4.52. The maximum atomic E-state index is 8.96. The van der Waals surface area contributed by atoms with Crippen LogP contribution in [0.15, 0.2) is 30.5 Å². The molecule has 1 aromatic carbocycles. The van der Waals surface area contributed by atoms with E-state index in [-0.39, 0.29) is 0 Å². The Hall–Kier alpha value is -2.42. The molecule has 2 aromatic rings. The fraction of sp³-hybridized carbons (Fsp3) is 0.368. The minimum absolute atomic E-state index is 0.520. The molecule has 24 heavy (non-hydrogen) atoms. The summed E-state index contributed by atoms with van der Waals surface area (Å²) in [4.78, 5) is 4.45. The molecule has 5 heteroatoms. The summed E-state index contributed by atoms with van der Waals surface area (Å²) < 4.78 is 11.7. The Labute approximate surface area is 142 Å². The fourth-order valence-electron chi connectivity index (χ4n) is 2.74. The number of nitrogens with zero attached hydrogens (tertiary/aromatic N) is 2. The van der Waals surface area contributed by atoms with Gasteiger partial charge in [-0.3, -0.25) is 4.98 Å². The Morgan fingerprint density at radius 3 is 2.96 bits per heavy atom. The number of nitrogens with one attached hydrogen (secondary N) is 1. The van der Waals surface area contributed by atoms with E-state index in [1.165, 1.54) is 0 Å². The minimum atomic E-state index is -0.622. The molecule has 5 nitrogen and oxygen atoms in total. The average Bonchev–Trinajstić information content (AvgIpc) is 2.57. The fourth-order valence-corrected chi connectivity index (χ4v) is 2.74. The highest BCUT2D eigenvalue weighted by molar-refractivity contribution is 5.43. The van der Waals surface area contributed by atoms with Crippen molar-refractivity contribution in [2.45, 2.75) is 46.3 Å². The minimum Gasteiger partial charge on any atom is -0.461 e. The monoisotopic (exact) mass is 323 g/mol. The van der Waals surface area contributed by atoms with Crippen molar-refractivity contribution >= 4 is 0 Å². The van der Waals surface area contributed by atoms with Gasteiger partial charge in [0.05, 0.1) is 23.9 Å². The molecule has 1 aromatic heterocycles. The van der Waals surface area contributed by atoms with Crippen LogP contribution in [-0.2, 0) is 24.4 Å². The van der Waals surface area contributed by atoms with E-state index < -0.39 is 5.79 Å². The SMILES string of the molecule is Cc1ncc(CNCc2cccc(C#N)c2)c2c1OC(C)(C)OC2. The van der Waals surface area contributed by atoms with E-state index in [1.807, 2.05) is 45.2 Å². The highest BCUT2D eigenvalue weighted by Crippen LogP contribution is 2.35. The second-order valence-electron chi connectivity index (χ2n) is 6.38. The molecule has 1 aliphatic rings. The molecule has 0 bridgehead atoms. The van der Waals surface area contributed by atoms with E-state index >= 15 is 0 Å². The number of rotatable bonds is 4. The van der Waals surface area contributed by atoms with Crippen molar-refractivity contribution in [3.8, 4) is 11.8 Å². The normalized spacial score (nSPS) is 15.2. The third-order valence-electron chi connectivity index (χ3n) is 4.02. The van der Waals surface area contributed by atoms with Crippen LogP contribution in [0.3, 0.4) is 0 Å². The van der Waals surface area contributed by atoms with Crippen molar-refractivity contribution in [1.29, 1.82) is 5.26 Å². The molecule has 1 N–H and O–H groups in total. The molecule has 1 aliphatic heterocycles. The summed E-state index contributed by atoms with van der Waals surface area (Å²) in [7, 11) is 0. The van der Waals surface area contributed by atoms with E-state index in [0.29, 0.717) is 25.3 Å². The summed E-state index contributed by atoms with van der Waals surface area (Å²) in [5, 5.41) is 12.4. The van der Waals surface area contributed by atoms with Crippen molar-refractivity contribution < 1.29 is 9.47 Å². The Bertz CT molecular complexity index is 794. The highest BCUT2D eigenvalue weighted by Gasteiger charge is 2.30. The predicted octanol–water partition coefficient (Wildman–Crippen LogP) is 3.20. The number of aryl methyl sites for hydroxylation is 1. The van der Waals surface area contributed by atoms with E-state index in [0.717, 1.165) is 28.1 Å². The zero-order valence-corrected chi connectivity index (χ0v) is 14.2. The number of nitriles is 1. The Morgan fingerprint density at radius 2 is 2.17 bits per heavy atom. The number of benzene rings is 1. The molecule has 124 valence electrons. The van der Waals surface area contributed by atoms with Gasteiger partial charge in [0.1, 0.15) is 5.75 Å². The summed E-state index contributed by atoms with van der Waals surface area (Å²) in [5.41, 5.74) is 4.76. The summed E-state index contributed by atoms with van der Waals surface area (Å²) in [6, 6.07) is 9.76. The van der Waals surface area contributed by atoms with Crippen molar-refractivity contribution in [2.75, 3.05) is 0 Å². The first-order valence-electron chi connectivity index (χ1n) is 7.98. The van der Waals surface area contributed by atoms with Crippen LogP contribution in [-0.4, -0.2) is 10.8 Å². The van der Waals surface area contributed by atoms with Gasteiger partial charge in [0.2, 0.25) is 5.79 Å². The molecule has 0 spiro atoms. The molecule has 0 saturated heterocycles. The predicted molar refractivity (Wildman–Crippen MR) is 90.2 cm³/mol. The Morgan fingerprint density at radius 1 is 1.33 bits per heavy atom. The van der Waals surface area contributed by atoms with Crippen molar-refractivity contribution in [3.63, 3.8) is 0 Å². The van der Waals surface area contributed by atoms with Crippen molar-refractivity contribution in [2.24, 2.45) is 0 Å². The molecule has 2 heterocycles. The third kappa shape index (κ3) is 3.56. The molecule has 0 amide bonds. The number of pyridine rings is 1. The lowest BCUT2D eigenvalue weighted by Gasteiger charge is -2.34. The lowest BCUT2D eigenvalue weighted by Crippen LogP contribution is -2.36.